The van der Waals surface area contributed by atoms with Gasteiger partial charge in [-0.25, -0.2) is 0 Å². The van der Waals surface area contributed by atoms with Crippen molar-refractivity contribution in [1.82, 2.24) is 0 Å². The second-order valence-corrected chi connectivity index (χ2v) is 2.27. The average molecular weight is 112 g/mol. The predicted octanol–water partition coefficient (Wildman–Crippen LogP) is 1.58. The summed E-state index contributed by atoms with van der Waals surface area (Å²) in [4.78, 5) is 0. The van der Waals surface area contributed by atoms with E-state index >= 15 is 0 Å². The topological polar surface area (TPSA) is 0 Å². The minimum Gasteiger partial charge on any atom is -0.165 e. The molecule has 0 radical (unpaired) electrons. The molecule has 0 atom stereocenters. The fourth-order valence-electron chi connectivity index (χ4n) is 0. The molecule has 32 valence electrons. The number of thiol groups is 2. The molecular weight excluding hydrogens is 100 g/mol. The highest BCUT2D eigenvalue weighted by atomic mass is 32.2. The van der Waals surface area contributed by atoms with E-state index in [-0.39, 0.29) is 4.58 Å². The fraction of sp³-hybridized carbons (Fsp3) is 1.00. The first-order valence-corrected chi connectivity index (χ1v) is 2.53. The van der Waals surface area contributed by atoms with Gasteiger partial charge in [0.25, 0.3) is 0 Å². The lowest BCUT2D eigenvalue weighted by Gasteiger charge is -1.89. The Balaban J connectivity index is 2.99. The van der Waals surface area contributed by atoms with Gasteiger partial charge in [0.15, 0.2) is 0 Å². The van der Waals surface area contributed by atoms with Gasteiger partial charge in [-0.3, -0.25) is 0 Å². The van der Waals surface area contributed by atoms with Crippen molar-refractivity contribution >= 4 is 25.1 Å². The standard InChI is InChI=1S/C3H8S2/c1-2-3(4)5/h3-5H,2H2,1H3/i/hT2. The van der Waals surface area contributed by atoms with Crippen molar-refractivity contribution in [3.63, 3.8) is 0 Å². The Labute approximate surface area is 46.0 Å². The van der Waals surface area contributed by atoms with Crippen molar-refractivity contribution in [2.45, 2.75) is 17.9 Å². The first-order valence-electron chi connectivity index (χ1n) is 2.40. The molecule has 0 aromatic carbocycles. The smallest absolute Gasteiger partial charge is 0.103 e. The number of hydrogen-bond acceptors (Lipinski definition) is 2. The van der Waals surface area contributed by atoms with Crippen LogP contribution in [0.15, 0.2) is 0 Å². The average Bonchev–Trinajstić information content (AvgIpc) is 1.72. The van der Waals surface area contributed by atoms with E-state index in [1.165, 1.54) is 0 Å². The maximum atomic E-state index is 6.74. The van der Waals surface area contributed by atoms with Crippen molar-refractivity contribution in [1.29, 1.82) is 2.25 Å². The summed E-state index contributed by atoms with van der Waals surface area (Å²) in [6.07, 6.45) is 0.905. The van der Waals surface area contributed by atoms with Crippen molar-refractivity contribution < 1.29 is 0 Å². The molecule has 0 spiro atoms. The summed E-state index contributed by atoms with van der Waals surface area (Å²) in [7, 11) is 0. The molecule has 0 heterocycles. The van der Waals surface area contributed by atoms with Gasteiger partial charge in [-0.15, -0.1) is 0 Å². The highest BCUT2D eigenvalue weighted by Gasteiger charge is 1.82. The molecule has 0 fully saturated rings. The van der Waals surface area contributed by atoms with E-state index < -0.39 is 0 Å². The summed E-state index contributed by atoms with van der Waals surface area (Å²) in [5.74, 6) is 0. The molecule has 0 nitrogen and oxygen atoms in total. The van der Waals surface area contributed by atoms with Crippen LogP contribution in [0.5, 0.6) is 0 Å². The second-order valence-electron chi connectivity index (χ2n) is 0.838. The molecule has 0 amide bonds. The van der Waals surface area contributed by atoms with E-state index in [1.807, 2.05) is 6.92 Å². The Morgan fingerprint density at radius 1 is 2.00 bits per heavy atom. The maximum Gasteiger partial charge on any atom is 0.103 e. The van der Waals surface area contributed by atoms with Gasteiger partial charge in [-0.1, -0.05) is 6.92 Å². The van der Waals surface area contributed by atoms with Crippen LogP contribution in [0.25, 0.3) is 0 Å². The van der Waals surface area contributed by atoms with E-state index in [2.05, 4.69) is 0 Å². The first-order chi connectivity index (χ1) is 3.35. The molecule has 0 aromatic rings. The zero-order valence-corrected chi connectivity index (χ0v) is 4.73. The predicted molar refractivity (Wildman–Crippen MR) is 32.1 cm³/mol. The Morgan fingerprint density at radius 3 is 2.60 bits per heavy atom. The molecule has 0 N–H and O–H groups in total. The van der Waals surface area contributed by atoms with Gasteiger partial charge in [0.1, 0.15) is 2.25 Å². The molecule has 0 rings (SSSR count). The third-order valence-corrected chi connectivity index (χ3v) is 1.00. The lowest BCUT2D eigenvalue weighted by molar-refractivity contribution is 1.07. The summed E-state index contributed by atoms with van der Waals surface area (Å²) in [6, 6.07) is 0. The lowest BCUT2D eigenvalue weighted by Crippen LogP contribution is -1.76. The van der Waals surface area contributed by atoms with Crippen LogP contribution in [0.3, 0.4) is 0 Å². The van der Waals surface area contributed by atoms with E-state index in [0.29, 0.717) is 0 Å². The molecule has 0 saturated carbocycles. The maximum absolute atomic E-state index is 6.74. The summed E-state index contributed by atoms with van der Waals surface area (Å²) < 4.78 is 13.6. The van der Waals surface area contributed by atoms with Gasteiger partial charge < -0.3 is 0 Å². The molecule has 0 saturated heterocycles. The lowest BCUT2D eigenvalue weighted by atomic mass is 10.6. The second kappa shape index (κ2) is 2.91. The Bertz CT molecular complexity index is 32.4. The number of rotatable bonds is 3. The third kappa shape index (κ3) is 4.70. The molecule has 0 unspecified atom stereocenters. The molecule has 0 aliphatic heterocycles. The summed E-state index contributed by atoms with van der Waals surface area (Å²) in [6.45, 7) is 1.98. The molecule has 0 aromatic heterocycles. The summed E-state index contributed by atoms with van der Waals surface area (Å²) >= 11 is 1.99. The third-order valence-electron chi connectivity index (χ3n) is 0.333. The molecule has 0 bridgehead atoms. The molecule has 2 heteroatoms. The van der Waals surface area contributed by atoms with Crippen molar-refractivity contribution in [2.24, 2.45) is 0 Å². The minimum absolute atomic E-state index is 0.153. The number of hydrogen-bond donors (Lipinski definition) is 2. The van der Waals surface area contributed by atoms with Crippen LogP contribution in [-0.2, 0) is 0 Å². The Hall–Kier alpha value is 0.700. The SMILES string of the molecule is [3H]SC(CC)S[3H]. The zero-order chi connectivity index (χ0) is 5.70. The molecule has 0 aliphatic carbocycles. The largest absolute Gasteiger partial charge is 0.165 e. The zero-order valence-electron chi connectivity index (χ0n) is 5.10. The normalized spacial score (nSPS) is 14.8. The van der Waals surface area contributed by atoms with Crippen LogP contribution in [0.2, 0.25) is 0 Å². The Kier molecular flexibility index (Phi) is 1.63. The monoisotopic (exact) mass is 112 g/mol. The first kappa shape index (κ1) is 2.80. The van der Waals surface area contributed by atoms with Gasteiger partial charge >= 0.3 is 0 Å². The highest BCUT2D eigenvalue weighted by Crippen LogP contribution is 2.01. The highest BCUT2D eigenvalue weighted by molar-refractivity contribution is 7.99. The van der Waals surface area contributed by atoms with Crippen LogP contribution in [-0.4, -0.2) is 6.83 Å². The molecular formula is C3H8S2. The van der Waals surface area contributed by atoms with Crippen molar-refractivity contribution in [3.8, 4) is 0 Å². The van der Waals surface area contributed by atoms with E-state index in [4.69, 9.17) is 2.25 Å². The van der Waals surface area contributed by atoms with Crippen LogP contribution in [0, 0.1) is 0 Å². The van der Waals surface area contributed by atoms with Crippen molar-refractivity contribution in [2.75, 3.05) is 0 Å². The quantitative estimate of drug-likeness (QED) is 0.402. The van der Waals surface area contributed by atoms with Gasteiger partial charge in [0.2, 0.25) is 0 Å². The van der Waals surface area contributed by atoms with Gasteiger partial charge in [0, 0.05) is 4.58 Å². The molecule has 0 aliphatic rings. The van der Waals surface area contributed by atoms with Gasteiger partial charge in [0.05, 0.1) is 0 Å². The van der Waals surface area contributed by atoms with Crippen LogP contribution >= 0.6 is 25.1 Å². The van der Waals surface area contributed by atoms with E-state index in [9.17, 15) is 0 Å². The van der Waals surface area contributed by atoms with Crippen LogP contribution in [0.1, 0.15) is 13.3 Å². The van der Waals surface area contributed by atoms with E-state index in [1.54, 1.807) is 0 Å². The van der Waals surface area contributed by atoms with Gasteiger partial charge in [-0.2, -0.15) is 25.1 Å². The summed E-state index contributed by atoms with van der Waals surface area (Å²) in [5.41, 5.74) is 0. The Morgan fingerprint density at radius 2 is 2.60 bits per heavy atom. The molecule has 5 heavy (non-hydrogen) atoms. The minimum atomic E-state index is 0.153. The van der Waals surface area contributed by atoms with E-state index in [0.717, 1.165) is 31.5 Å². The summed E-state index contributed by atoms with van der Waals surface area (Å²) in [5, 5.41) is 0. The van der Waals surface area contributed by atoms with Gasteiger partial charge in [-0.05, 0) is 6.42 Å². The van der Waals surface area contributed by atoms with Crippen LogP contribution < -0.4 is 0 Å². The van der Waals surface area contributed by atoms with Crippen LogP contribution in [0.4, 0.5) is 0 Å². The van der Waals surface area contributed by atoms with Crippen molar-refractivity contribution in [3.05, 3.63) is 0 Å². The fourth-order valence-corrected chi connectivity index (χ4v) is 0.